The van der Waals surface area contributed by atoms with Crippen molar-refractivity contribution in [3.63, 3.8) is 0 Å². The molecule has 6 nitrogen and oxygen atoms in total. The van der Waals surface area contributed by atoms with Gasteiger partial charge in [0.1, 0.15) is 0 Å². The molecule has 2 aromatic carbocycles. The monoisotopic (exact) mass is 353 g/mol. The van der Waals surface area contributed by atoms with Gasteiger partial charge in [-0.25, -0.2) is 0 Å². The Morgan fingerprint density at radius 1 is 1.08 bits per heavy atom. The van der Waals surface area contributed by atoms with Crippen molar-refractivity contribution >= 4 is 23.2 Å². The fourth-order valence-electron chi connectivity index (χ4n) is 2.80. The van der Waals surface area contributed by atoms with Gasteiger partial charge in [-0.3, -0.25) is 9.59 Å². The number of hydrogen-bond donors (Lipinski definition) is 1. The van der Waals surface area contributed by atoms with E-state index in [1.165, 1.54) is 0 Å². The zero-order valence-electron chi connectivity index (χ0n) is 14.9. The van der Waals surface area contributed by atoms with Crippen LogP contribution in [0.3, 0.4) is 0 Å². The summed E-state index contributed by atoms with van der Waals surface area (Å²) in [6.07, 6.45) is 0. The number of nitrogens with zero attached hydrogens (tertiary/aromatic N) is 2. The van der Waals surface area contributed by atoms with Gasteiger partial charge in [0.15, 0.2) is 0 Å². The summed E-state index contributed by atoms with van der Waals surface area (Å²) in [6, 6.07) is 16.7. The molecule has 0 spiro atoms. The number of nitrogens with one attached hydrogen (secondary N) is 1. The van der Waals surface area contributed by atoms with Gasteiger partial charge < -0.3 is 19.9 Å². The molecule has 1 aliphatic heterocycles. The molecule has 1 fully saturated rings. The maximum Gasteiger partial charge on any atom is 0.254 e. The summed E-state index contributed by atoms with van der Waals surface area (Å²) in [6.45, 7) is 2.52. The van der Waals surface area contributed by atoms with E-state index in [0.29, 0.717) is 31.9 Å². The number of anilines is 2. The van der Waals surface area contributed by atoms with E-state index in [2.05, 4.69) is 5.32 Å². The zero-order chi connectivity index (χ0) is 18.4. The Balaban J connectivity index is 1.60. The van der Waals surface area contributed by atoms with Crippen molar-refractivity contribution in [2.45, 2.75) is 0 Å². The Morgan fingerprint density at radius 2 is 1.81 bits per heavy atom. The van der Waals surface area contributed by atoms with Crippen LogP contribution in [-0.2, 0) is 9.53 Å². The van der Waals surface area contributed by atoms with E-state index in [0.717, 1.165) is 11.4 Å². The Labute approximate surface area is 153 Å². The lowest BCUT2D eigenvalue weighted by atomic mass is 10.1. The van der Waals surface area contributed by atoms with Gasteiger partial charge in [0.25, 0.3) is 5.91 Å². The number of likely N-dealkylation sites (N-methyl/N-ethyl adjacent to an activating group) is 1. The predicted molar refractivity (Wildman–Crippen MR) is 102 cm³/mol. The molecule has 26 heavy (non-hydrogen) atoms. The minimum atomic E-state index is -0.0545. The minimum Gasteiger partial charge on any atom is -0.378 e. The summed E-state index contributed by atoms with van der Waals surface area (Å²) < 4.78 is 5.28. The number of carbonyl (C=O) groups is 2. The van der Waals surface area contributed by atoms with E-state index in [-0.39, 0.29) is 18.4 Å². The Kier molecular flexibility index (Phi) is 5.86. The lowest BCUT2D eigenvalue weighted by Gasteiger charge is -2.27. The quantitative estimate of drug-likeness (QED) is 0.895. The number of ether oxygens (including phenoxy) is 1. The van der Waals surface area contributed by atoms with E-state index < -0.39 is 0 Å². The maximum absolute atomic E-state index is 12.6. The topological polar surface area (TPSA) is 61.9 Å². The number of para-hydroxylation sites is 1. The summed E-state index contributed by atoms with van der Waals surface area (Å²) in [5, 5.41) is 3.11. The molecule has 0 radical (unpaired) electrons. The molecule has 1 heterocycles. The average Bonchev–Trinajstić information content (AvgIpc) is 2.72. The molecule has 0 unspecified atom stereocenters. The standard InChI is InChI=1S/C20H23N3O3/c1-22(18-8-3-2-4-9-18)19(24)15-21-17-7-5-6-16(14-17)20(25)23-10-12-26-13-11-23/h2-9,14,21H,10-13,15H2,1H3. The van der Waals surface area contributed by atoms with Crippen LogP contribution in [-0.4, -0.2) is 56.6 Å². The third-order valence-electron chi connectivity index (χ3n) is 4.37. The highest BCUT2D eigenvalue weighted by atomic mass is 16.5. The number of morpholine rings is 1. The van der Waals surface area contributed by atoms with Crippen molar-refractivity contribution < 1.29 is 14.3 Å². The van der Waals surface area contributed by atoms with Crippen LogP contribution in [0.1, 0.15) is 10.4 Å². The first kappa shape index (κ1) is 17.9. The van der Waals surface area contributed by atoms with E-state index >= 15 is 0 Å². The van der Waals surface area contributed by atoms with Gasteiger partial charge in [0.05, 0.1) is 19.8 Å². The minimum absolute atomic E-state index is 0.00956. The van der Waals surface area contributed by atoms with Crippen LogP contribution in [0, 0.1) is 0 Å². The van der Waals surface area contributed by atoms with Gasteiger partial charge in [-0.1, -0.05) is 24.3 Å². The maximum atomic E-state index is 12.6. The van der Waals surface area contributed by atoms with Gasteiger partial charge in [-0.15, -0.1) is 0 Å². The number of hydrogen-bond acceptors (Lipinski definition) is 4. The van der Waals surface area contributed by atoms with Crippen molar-refractivity contribution in [1.29, 1.82) is 0 Å². The van der Waals surface area contributed by atoms with Gasteiger partial charge in [-0.05, 0) is 30.3 Å². The summed E-state index contributed by atoms with van der Waals surface area (Å²) in [5.74, 6) is -0.0641. The average molecular weight is 353 g/mol. The zero-order valence-corrected chi connectivity index (χ0v) is 14.9. The molecular formula is C20H23N3O3. The SMILES string of the molecule is CN(C(=O)CNc1cccc(C(=O)N2CCOCC2)c1)c1ccccc1. The van der Waals surface area contributed by atoms with E-state index in [1.54, 1.807) is 29.0 Å². The van der Waals surface area contributed by atoms with Gasteiger partial charge in [-0.2, -0.15) is 0 Å². The molecule has 0 aliphatic carbocycles. The summed E-state index contributed by atoms with van der Waals surface area (Å²) in [5.41, 5.74) is 2.20. The molecule has 0 aromatic heterocycles. The van der Waals surface area contributed by atoms with Crippen molar-refractivity contribution in [2.24, 2.45) is 0 Å². The van der Waals surface area contributed by atoms with Crippen LogP contribution in [0.4, 0.5) is 11.4 Å². The summed E-state index contributed by atoms with van der Waals surface area (Å²) in [4.78, 5) is 28.3. The largest absolute Gasteiger partial charge is 0.378 e. The number of amides is 2. The summed E-state index contributed by atoms with van der Waals surface area (Å²) >= 11 is 0. The van der Waals surface area contributed by atoms with Crippen LogP contribution in [0.2, 0.25) is 0 Å². The molecule has 3 rings (SSSR count). The third-order valence-corrected chi connectivity index (χ3v) is 4.37. The Morgan fingerprint density at radius 3 is 2.54 bits per heavy atom. The van der Waals surface area contributed by atoms with Gasteiger partial charge in [0, 0.05) is 37.1 Å². The molecule has 2 aromatic rings. The molecule has 2 amide bonds. The first-order valence-corrected chi connectivity index (χ1v) is 8.68. The molecule has 6 heteroatoms. The van der Waals surface area contributed by atoms with E-state index in [9.17, 15) is 9.59 Å². The number of carbonyl (C=O) groups excluding carboxylic acids is 2. The Hall–Kier alpha value is -2.86. The van der Waals surface area contributed by atoms with Crippen molar-refractivity contribution in [1.82, 2.24) is 4.90 Å². The lowest BCUT2D eigenvalue weighted by molar-refractivity contribution is -0.116. The summed E-state index contributed by atoms with van der Waals surface area (Å²) in [7, 11) is 1.75. The van der Waals surface area contributed by atoms with Gasteiger partial charge >= 0.3 is 0 Å². The second-order valence-corrected chi connectivity index (χ2v) is 6.13. The second kappa shape index (κ2) is 8.49. The molecule has 1 saturated heterocycles. The smallest absolute Gasteiger partial charge is 0.254 e. The molecule has 1 N–H and O–H groups in total. The van der Waals surface area contributed by atoms with Crippen LogP contribution < -0.4 is 10.2 Å². The molecule has 1 aliphatic rings. The highest BCUT2D eigenvalue weighted by Gasteiger charge is 2.18. The van der Waals surface area contributed by atoms with Crippen LogP contribution in [0.15, 0.2) is 54.6 Å². The van der Waals surface area contributed by atoms with Crippen LogP contribution in [0.5, 0.6) is 0 Å². The normalized spacial score (nSPS) is 14.0. The first-order valence-electron chi connectivity index (χ1n) is 8.68. The number of benzene rings is 2. The first-order chi connectivity index (χ1) is 12.6. The lowest BCUT2D eigenvalue weighted by Crippen LogP contribution is -2.40. The molecule has 0 atom stereocenters. The van der Waals surface area contributed by atoms with Crippen molar-refractivity contribution in [2.75, 3.05) is 50.1 Å². The van der Waals surface area contributed by atoms with E-state index in [1.807, 2.05) is 42.5 Å². The van der Waals surface area contributed by atoms with Gasteiger partial charge in [0.2, 0.25) is 5.91 Å². The van der Waals surface area contributed by atoms with Crippen molar-refractivity contribution in [3.8, 4) is 0 Å². The molecule has 0 saturated carbocycles. The molecule has 136 valence electrons. The third kappa shape index (κ3) is 4.40. The fourth-order valence-corrected chi connectivity index (χ4v) is 2.80. The molecular weight excluding hydrogens is 330 g/mol. The van der Waals surface area contributed by atoms with Crippen molar-refractivity contribution in [3.05, 3.63) is 60.2 Å². The highest BCUT2D eigenvalue weighted by molar-refractivity contribution is 5.97. The predicted octanol–water partition coefficient (Wildman–Crippen LogP) is 2.23. The number of rotatable bonds is 5. The van der Waals surface area contributed by atoms with Crippen LogP contribution >= 0.6 is 0 Å². The fraction of sp³-hybridized carbons (Fsp3) is 0.300. The van der Waals surface area contributed by atoms with Crippen LogP contribution in [0.25, 0.3) is 0 Å². The molecule has 0 bridgehead atoms. The highest BCUT2D eigenvalue weighted by Crippen LogP contribution is 2.15. The second-order valence-electron chi connectivity index (χ2n) is 6.13. The Bertz CT molecular complexity index is 758. The van der Waals surface area contributed by atoms with E-state index in [4.69, 9.17) is 4.74 Å².